The van der Waals surface area contributed by atoms with Crippen LogP contribution in [-0.2, 0) is 38.1 Å². The maximum Gasteiger partial charge on any atom is 0.361 e. The van der Waals surface area contributed by atoms with Crippen LogP contribution in [0.5, 0.6) is 0 Å². The van der Waals surface area contributed by atoms with Gasteiger partial charge in [-0.2, -0.15) is 3.89 Å². The molecular formula is C17H27FO8S. The van der Waals surface area contributed by atoms with E-state index in [1.54, 1.807) is 27.7 Å². The Kier molecular flexibility index (Phi) is 11.2. The van der Waals surface area contributed by atoms with Crippen molar-refractivity contribution in [2.24, 2.45) is 5.92 Å². The lowest BCUT2D eigenvalue weighted by Gasteiger charge is -2.20. The highest BCUT2D eigenvalue weighted by Crippen LogP contribution is 2.18. The second kappa shape index (κ2) is 11.9. The van der Waals surface area contributed by atoms with Crippen molar-refractivity contribution < 1.29 is 42.0 Å². The predicted octanol–water partition coefficient (Wildman–Crippen LogP) is 2.38. The van der Waals surface area contributed by atoms with Gasteiger partial charge < -0.3 is 18.9 Å². The summed E-state index contributed by atoms with van der Waals surface area (Å²) in [5.41, 5.74) is -1.94. The molecule has 0 rings (SSSR count). The molecule has 0 saturated heterocycles. The first-order valence-electron chi connectivity index (χ1n) is 8.48. The van der Waals surface area contributed by atoms with E-state index in [4.69, 9.17) is 14.2 Å². The van der Waals surface area contributed by atoms with Crippen LogP contribution in [0.15, 0.2) is 0 Å². The quantitative estimate of drug-likeness (QED) is 0.288. The zero-order valence-electron chi connectivity index (χ0n) is 16.5. The van der Waals surface area contributed by atoms with E-state index in [9.17, 15) is 23.1 Å². The van der Waals surface area contributed by atoms with Crippen LogP contribution >= 0.6 is 12.1 Å². The van der Waals surface area contributed by atoms with E-state index in [1.165, 1.54) is 20.8 Å². The Labute approximate surface area is 162 Å². The molecule has 156 valence electrons. The van der Waals surface area contributed by atoms with E-state index in [-0.39, 0.29) is 17.8 Å². The number of halogens is 1. The molecule has 0 aromatic carbocycles. The van der Waals surface area contributed by atoms with Crippen molar-refractivity contribution in [1.82, 2.24) is 0 Å². The van der Waals surface area contributed by atoms with Crippen LogP contribution in [0.3, 0.4) is 0 Å². The zero-order chi connectivity index (χ0) is 21.3. The molecule has 27 heavy (non-hydrogen) atoms. The minimum absolute atomic E-state index is 0.229. The molecule has 10 heteroatoms. The second-order valence-electron chi connectivity index (χ2n) is 6.40. The van der Waals surface area contributed by atoms with Gasteiger partial charge in [-0.15, -0.1) is 0 Å². The standard InChI is InChI=1S/C17H27FO8S/c1-8(2)13(19)10(5)24-16(22)17(27-18)26-15(21)12(7)25-14(20)11(6)23-9(3)4/h8-12,17H,1-7H3/t10-,11+,12+,17-/m0/s1. The van der Waals surface area contributed by atoms with Crippen LogP contribution in [0.4, 0.5) is 3.89 Å². The third-order valence-electron chi connectivity index (χ3n) is 3.19. The van der Waals surface area contributed by atoms with Gasteiger partial charge in [-0.3, -0.25) is 4.79 Å². The summed E-state index contributed by atoms with van der Waals surface area (Å²) in [6.45, 7) is 10.7. The van der Waals surface area contributed by atoms with Crippen molar-refractivity contribution in [2.45, 2.75) is 78.3 Å². The summed E-state index contributed by atoms with van der Waals surface area (Å²) in [6.07, 6.45) is -3.66. The fourth-order valence-electron chi connectivity index (χ4n) is 1.84. The summed E-state index contributed by atoms with van der Waals surface area (Å²) in [5.74, 6) is -3.93. The molecule has 0 saturated carbocycles. The van der Waals surface area contributed by atoms with Gasteiger partial charge in [0.2, 0.25) is 0 Å². The highest BCUT2D eigenvalue weighted by molar-refractivity contribution is 7.95. The zero-order valence-corrected chi connectivity index (χ0v) is 17.3. The van der Waals surface area contributed by atoms with Crippen molar-refractivity contribution in [3.05, 3.63) is 0 Å². The molecule has 0 unspecified atom stereocenters. The van der Waals surface area contributed by atoms with Gasteiger partial charge in [0.25, 0.3) is 5.44 Å². The van der Waals surface area contributed by atoms with Crippen LogP contribution < -0.4 is 0 Å². The van der Waals surface area contributed by atoms with Gasteiger partial charge in [-0.05, 0) is 34.6 Å². The molecule has 0 aliphatic rings. The first-order valence-corrected chi connectivity index (χ1v) is 9.26. The number of esters is 3. The van der Waals surface area contributed by atoms with Crippen molar-refractivity contribution in [1.29, 1.82) is 0 Å². The minimum atomic E-state index is -1.94. The third kappa shape index (κ3) is 9.18. The van der Waals surface area contributed by atoms with Gasteiger partial charge in [0.15, 0.2) is 24.1 Å². The fourth-order valence-corrected chi connectivity index (χ4v) is 2.10. The third-order valence-corrected chi connectivity index (χ3v) is 3.64. The van der Waals surface area contributed by atoms with Gasteiger partial charge >= 0.3 is 17.9 Å². The van der Waals surface area contributed by atoms with E-state index >= 15 is 0 Å². The average molecular weight is 410 g/mol. The summed E-state index contributed by atoms with van der Waals surface area (Å²) in [7, 11) is 0. The van der Waals surface area contributed by atoms with Crippen LogP contribution in [-0.4, -0.2) is 53.5 Å². The van der Waals surface area contributed by atoms with Gasteiger partial charge in [0.1, 0.15) is 12.1 Å². The number of hydrogen-bond donors (Lipinski definition) is 0. The predicted molar refractivity (Wildman–Crippen MR) is 95.2 cm³/mol. The highest BCUT2D eigenvalue weighted by Gasteiger charge is 2.33. The number of Topliss-reactive ketones (excluding diaryl/α,β-unsaturated/α-hetero) is 1. The lowest BCUT2D eigenvalue weighted by atomic mass is 10.1. The molecule has 4 atom stereocenters. The second-order valence-corrected chi connectivity index (χ2v) is 7.01. The molecule has 0 aliphatic carbocycles. The van der Waals surface area contributed by atoms with E-state index in [1.807, 2.05) is 0 Å². The maximum absolute atomic E-state index is 13.0. The summed E-state index contributed by atoms with van der Waals surface area (Å²) in [5, 5.41) is 0. The number of carbonyl (C=O) groups is 4. The number of ketones is 1. The summed E-state index contributed by atoms with van der Waals surface area (Å²) in [6, 6.07) is 0. The molecule has 0 bridgehead atoms. The highest BCUT2D eigenvalue weighted by atomic mass is 32.2. The first-order chi connectivity index (χ1) is 12.4. The molecule has 0 aliphatic heterocycles. The Balaban J connectivity index is 4.71. The molecule has 0 radical (unpaired) electrons. The van der Waals surface area contributed by atoms with Crippen LogP contribution in [0.2, 0.25) is 0 Å². The van der Waals surface area contributed by atoms with Gasteiger partial charge in [0, 0.05) is 5.92 Å². The average Bonchev–Trinajstić information content (AvgIpc) is 2.57. The van der Waals surface area contributed by atoms with Crippen molar-refractivity contribution in [2.75, 3.05) is 0 Å². The SMILES string of the molecule is CC(C)O[C@H](C)C(=O)O[C@H](C)C(=O)O[C@@H](SF)C(=O)O[C@@H](C)C(=O)C(C)C. The van der Waals surface area contributed by atoms with E-state index in [0.29, 0.717) is 0 Å². The van der Waals surface area contributed by atoms with Crippen molar-refractivity contribution in [3.63, 3.8) is 0 Å². The Morgan fingerprint density at radius 3 is 1.63 bits per heavy atom. The monoisotopic (exact) mass is 410 g/mol. The summed E-state index contributed by atoms with van der Waals surface area (Å²) >= 11 is -0.575. The molecule has 0 fully saturated rings. The number of ether oxygens (including phenoxy) is 4. The molecule has 0 heterocycles. The molecule has 0 spiro atoms. The van der Waals surface area contributed by atoms with E-state index in [2.05, 4.69) is 4.74 Å². The summed E-state index contributed by atoms with van der Waals surface area (Å²) in [4.78, 5) is 47.3. The Morgan fingerprint density at radius 1 is 0.704 bits per heavy atom. The number of hydrogen-bond acceptors (Lipinski definition) is 9. The Hall–Kier alpha value is -1.68. The van der Waals surface area contributed by atoms with E-state index < -0.39 is 53.8 Å². The summed E-state index contributed by atoms with van der Waals surface area (Å²) < 4.78 is 32.6. The molecule has 0 aromatic heterocycles. The Bertz CT molecular complexity index is 537. The molecule has 0 aromatic rings. The minimum Gasteiger partial charge on any atom is -0.451 e. The van der Waals surface area contributed by atoms with Gasteiger partial charge in [-0.25, -0.2) is 14.4 Å². The largest absolute Gasteiger partial charge is 0.451 e. The maximum atomic E-state index is 13.0. The van der Waals surface area contributed by atoms with E-state index in [0.717, 1.165) is 0 Å². The molecule has 0 amide bonds. The topological polar surface area (TPSA) is 105 Å². The van der Waals surface area contributed by atoms with Gasteiger partial charge in [-0.1, -0.05) is 13.8 Å². The van der Waals surface area contributed by atoms with Crippen molar-refractivity contribution >= 4 is 35.8 Å². The first kappa shape index (κ1) is 25.3. The molecular weight excluding hydrogens is 383 g/mol. The van der Waals surface area contributed by atoms with Crippen LogP contribution in [0.25, 0.3) is 0 Å². The Morgan fingerprint density at radius 2 is 1.19 bits per heavy atom. The molecule has 0 N–H and O–H groups in total. The lowest BCUT2D eigenvalue weighted by Crippen LogP contribution is -2.37. The smallest absolute Gasteiger partial charge is 0.361 e. The van der Waals surface area contributed by atoms with Crippen LogP contribution in [0, 0.1) is 5.92 Å². The number of rotatable bonds is 11. The number of carbonyl (C=O) groups excluding carboxylic acids is 4. The molecule has 8 nitrogen and oxygen atoms in total. The van der Waals surface area contributed by atoms with Crippen molar-refractivity contribution in [3.8, 4) is 0 Å². The fraction of sp³-hybridized carbons (Fsp3) is 0.765. The lowest BCUT2D eigenvalue weighted by molar-refractivity contribution is -0.179. The van der Waals surface area contributed by atoms with Gasteiger partial charge in [0.05, 0.1) is 6.10 Å². The van der Waals surface area contributed by atoms with Crippen LogP contribution in [0.1, 0.15) is 48.5 Å². The normalized spacial score (nSPS) is 15.6.